The first-order chi connectivity index (χ1) is 12.2. The minimum absolute atomic E-state index is 0.518. The molecule has 0 aliphatic heterocycles. The molecule has 0 saturated carbocycles. The maximum atomic E-state index is 5.55. The van der Waals surface area contributed by atoms with Gasteiger partial charge in [-0.1, -0.05) is 12.1 Å². The van der Waals surface area contributed by atoms with Gasteiger partial charge in [0.2, 0.25) is 0 Å². The molecule has 0 unspecified atom stereocenters. The second-order valence-corrected chi connectivity index (χ2v) is 5.64. The van der Waals surface area contributed by atoms with Gasteiger partial charge in [-0.15, -0.1) is 0 Å². The van der Waals surface area contributed by atoms with Gasteiger partial charge >= 0.3 is 0 Å². The van der Waals surface area contributed by atoms with Gasteiger partial charge in [-0.3, -0.25) is 4.98 Å². The van der Waals surface area contributed by atoms with Crippen LogP contribution in [0.2, 0.25) is 0 Å². The summed E-state index contributed by atoms with van der Waals surface area (Å²) in [4.78, 5) is 4.57. The Morgan fingerprint density at radius 1 is 1.00 bits per heavy atom. The summed E-state index contributed by atoms with van der Waals surface area (Å²) in [5.74, 6) is 1.65. The average Bonchev–Trinajstić information content (AvgIpc) is 2.62. The number of aromatic nitrogens is 1. The van der Waals surface area contributed by atoms with Gasteiger partial charge in [0.05, 0.1) is 31.5 Å². The van der Waals surface area contributed by atoms with Crippen molar-refractivity contribution >= 4 is 16.6 Å². The quantitative estimate of drug-likeness (QED) is 0.579. The lowest BCUT2D eigenvalue weighted by Gasteiger charge is -2.07. The molecule has 0 bridgehead atoms. The Labute approximate surface area is 147 Å². The molecule has 0 saturated heterocycles. The second kappa shape index (κ2) is 7.75. The van der Waals surface area contributed by atoms with Gasteiger partial charge in [-0.05, 0) is 49.7 Å². The maximum absolute atomic E-state index is 5.55. The number of hydrogen-bond donors (Lipinski definition) is 0. The van der Waals surface area contributed by atoms with Gasteiger partial charge in [-0.2, -0.15) is 10.2 Å². The number of hydrogen-bond acceptors (Lipinski definition) is 5. The summed E-state index contributed by atoms with van der Waals surface area (Å²) < 4.78 is 10.7. The molecule has 5 nitrogen and oxygen atoms in total. The Morgan fingerprint density at radius 2 is 1.76 bits per heavy atom. The lowest BCUT2D eigenvalue weighted by atomic mass is 10.1. The predicted octanol–water partition coefficient (Wildman–Crippen LogP) is 5.23. The summed E-state index contributed by atoms with van der Waals surface area (Å²) in [6.07, 6.45) is 0. The van der Waals surface area contributed by atoms with Crippen LogP contribution >= 0.6 is 0 Å². The Balaban J connectivity index is 1.84. The van der Waals surface area contributed by atoms with Crippen LogP contribution in [0.25, 0.3) is 10.9 Å². The van der Waals surface area contributed by atoms with Crippen molar-refractivity contribution in [3.8, 4) is 11.5 Å². The van der Waals surface area contributed by atoms with Crippen LogP contribution in [0, 0.1) is 6.92 Å². The number of rotatable bonds is 6. The molecule has 3 rings (SSSR count). The number of aryl methyl sites for hydroxylation is 1. The number of fused-ring (bicyclic) bond motifs is 1. The van der Waals surface area contributed by atoms with E-state index < -0.39 is 0 Å². The number of methoxy groups -OCH3 is 1. The normalized spacial score (nSPS) is 11.2. The molecule has 1 aromatic heterocycles. The van der Waals surface area contributed by atoms with Crippen LogP contribution in [0.3, 0.4) is 0 Å². The number of ether oxygens (including phenoxy) is 2. The van der Waals surface area contributed by atoms with E-state index in [4.69, 9.17) is 9.47 Å². The minimum Gasteiger partial charge on any atom is -0.497 e. The van der Waals surface area contributed by atoms with Gasteiger partial charge in [0.1, 0.15) is 11.5 Å². The zero-order chi connectivity index (χ0) is 17.6. The fourth-order valence-electron chi connectivity index (χ4n) is 2.58. The molecule has 0 amide bonds. The second-order valence-electron chi connectivity index (χ2n) is 5.64. The lowest BCUT2D eigenvalue weighted by Crippen LogP contribution is -1.92. The van der Waals surface area contributed by atoms with Crippen LogP contribution in [0.1, 0.15) is 18.2 Å². The molecule has 0 N–H and O–H groups in total. The highest BCUT2D eigenvalue weighted by Crippen LogP contribution is 2.29. The fourth-order valence-corrected chi connectivity index (χ4v) is 2.58. The van der Waals surface area contributed by atoms with Gasteiger partial charge < -0.3 is 9.47 Å². The van der Waals surface area contributed by atoms with E-state index >= 15 is 0 Å². The van der Waals surface area contributed by atoms with E-state index in [1.807, 2.05) is 62.4 Å². The molecule has 2 aromatic carbocycles. The van der Waals surface area contributed by atoms with E-state index in [9.17, 15) is 0 Å². The van der Waals surface area contributed by atoms with E-state index in [-0.39, 0.29) is 0 Å². The topological polar surface area (TPSA) is 56.1 Å². The van der Waals surface area contributed by atoms with Crippen LogP contribution in [-0.4, -0.2) is 18.7 Å². The van der Waals surface area contributed by atoms with E-state index in [1.165, 1.54) is 0 Å². The van der Waals surface area contributed by atoms with Crippen LogP contribution in [0.15, 0.2) is 58.8 Å². The molecule has 3 aromatic rings. The maximum Gasteiger partial charge on any atom is 0.121 e. The van der Waals surface area contributed by atoms with Crippen molar-refractivity contribution in [2.24, 2.45) is 10.2 Å². The van der Waals surface area contributed by atoms with Crippen molar-refractivity contribution in [3.05, 3.63) is 59.8 Å². The largest absolute Gasteiger partial charge is 0.497 e. The smallest absolute Gasteiger partial charge is 0.121 e. The molecule has 0 fully saturated rings. The third-order valence-corrected chi connectivity index (χ3v) is 3.79. The van der Waals surface area contributed by atoms with Gasteiger partial charge in [-0.25, -0.2) is 0 Å². The summed E-state index contributed by atoms with van der Waals surface area (Å²) >= 11 is 0. The summed E-state index contributed by atoms with van der Waals surface area (Å²) in [5.41, 5.74) is 3.67. The van der Waals surface area contributed by atoms with Crippen molar-refractivity contribution in [1.82, 2.24) is 4.98 Å². The zero-order valence-corrected chi connectivity index (χ0v) is 14.7. The molecule has 0 radical (unpaired) electrons. The van der Waals surface area contributed by atoms with E-state index in [2.05, 4.69) is 15.2 Å². The standard InChI is InChI=1S/C20H21N3O2/c1-4-25-17-9-10-18-19(12-17)22-14(2)11-20(18)23-21-13-15-5-7-16(24-3)8-6-15/h5-12H,4,13H2,1-3H3. The first-order valence-corrected chi connectivity index (χ1v) is 8.24. The molecule has 1 heterocycles. The van der Waals surface area contributed by atoms with Gasteiger partial charge in [0, 0.05) is 17.1 Å². The van der Waals surface area contributed by atoms with E-state index in [0.717, 1.165) is 39.3 Å². The fraction of sp³-hybridized carbons (Fsp3) is 0.250. The van der Waals surface area contributed by atoms with Crippen LogP contribution in [0.5, 0.6) is 11.5 Å². The highest BCUT2D eigenvalue weighted by atomic mass is 16.5. The monoisotopic (exact) mass is 335 g/mol. The van der Waals surface area contributed by atoms with Gasteiger partial charge in [0.25, 0.3) is 0 Å². The predicted molar refractivity (Wildman–Crippen MR) is 98.9 cm³/mol. The number of pyridine rings is 1. The summed E-state index contributed by atoms with van der Waals surface area (Å²) in [7, 11) is 1.66. The van der Waals surface area contributed by atoms with Crippen LogP contribution in [0.4, 0.5) is 5.69 Å². The highest BCUT2D eigenvalue weighted by Gasteiger charge is 2.05. The van der Waals surface area contributed by atoms with Crippen molar-refractivity contribution in [2.45, 2.75) is 20.4 Å². The Hall–Kier alpha value is -2.95. The third-order valence-electron chi connectivity index (χ3n) is 3.79. The highest BCUT2D eigenvalue weighted by molar-refractivity contribution is 5.90. The first-order valence-electron chi connectivity index (χ1n) is 8.24. The van der Waals surface area contributed by atoms with E-state index in [0.29, 0.717) is 13.2 Å². The van der Waals surface area contributed by atoms with Crippen LogP contribution < -0.4 is 9.47 Å². The van der Waals surface area contributed by atoms with Crippen molar-refractivity contribution < 1.29 is 9.47 Å². The minimum atomic E-state index is 0.518. The SMILES string of the molecule is CCOc1ccc2c(N=NCc3ccc(OC)cc3)cc(C)nc2c1. The summed E-state index contributed by atoms with van der Waals surface area (Å²) in [6.45, 7) is 5.07. The molecular formula is C20H21N3O2. The zero-order valence-electron chi connectivity index (χ0n) is 14.7. The molecule has 5 heteroatoms. The molecule has 0 atom stereocenters. The molecule has 25 heavy (non-hydrogen) atoms. The molecule has 0 aliphatic carbocycles. The van der Waals surface area contributed by atoms with Crippen LogP contribution in [-0.2, 0) is 6.54 Å². The third kappa shape index (κ3) is 4.12. The molecular weight excluding hydrogens is 314 g/mol. The van der Waals surface area contributed by atoms with E-state index in [1.54, 1.807) is 7.11 Å². The van der Waals surface area contributed by atoms with Gasteiger partial charge in [0.15, 0.2) is 0 Å². The molecule has 0 aliphatic rings. The van der Waals surface area contributed by atoms with Crippen molar-refractivity contribution in [3.63, 3.8) is 0 Å². The number of benzene rings is 2. The Bertz CT molecular complexity index is 889. The Kier molecular flexibility index (Phi) is 5.23. The number of nitrogens with zero attached hydrogens (tertiary/aromatic N) is 3. The molecule has 128 valence electrons. The lowest BCUT2D eigenvalue weighted by molar-refractivity contribution is 0.340. The first kappa shape index (κ1) is 16.9. The number of azo groups is 1. The Morgan fingerprint density at radius 3 is 2.48 bits per heavy atom. The van der Waals surface area contributed by atoms with Crippen molar-refractivity contribution in [2.75, 3.05) is 13.7 Å². The summed E-state index contributed by atoms with van der Waals surface area (Å²) in [6, 6.07) is 15.6. The molecule has 0 spiro atoms. The van der Waals surface area contributed by atoms with Crippen molar-refractivity contribution in [1.29, 1.82) is 0 Å². The summed E-state index contributed by atoms with van der Waals surface area (Å²) in [5, 5.41) is 9.73. The average molecular weight is 335 g/mol.